The minimum Gasteiger partial charge on any atom is -0.466 e. The molecule has 0 saturated heterocycles. The molecule has 0 heterocycles. The molecule has 1 rings (SSSR count). The molecule has 1 fully saturated rings. The average molecular weight is 743 g/mol. The van der Waals surface area contributed by atoms with E-state index >= 15 is 0 Å². The predicted molar refractivity (Wildman–Crippen MR) is 208 cm³/mol. The van der Waals surface area contributed by atoms with Crippen molar-refractivity contribution in [2.24, 2.45) is 10.8 Å². The quantitative estimate of drug-likeness (QED) is 0.0428. The molecule has 1 N–H and O–H groups in total. The molecule has 2 atom stereocenters. The summed E-state index contributed by atoms with van der Waals surface area (Å²) < 4.78 is 17.8. The van der Waals surface area contributed by atoms with Gasteiger partial charge in [-0.3, -0.25) is 14.4 Å². The Morgan fingerprint density at radius 1 is 0.898 bits per heavy atom. The number of amides is 2. The molecule has 2 unspecified atom stereocenters. The average Bonchev–Trinajstić information content (AvgIpc) is 2.98. The summed E-state index contributed by atoms with van der Waals surface area (Å²) >= 11 is 1.77. The van der Waals surface area contributed by atoms with Gasteiger partial charge in [-0.15, -0.1) is 0 Å². The Morgan fingerprint density at radius 3 is 2.18 bits per heavy atom. The van der Waals surface area contributed by atoms with Crippen molar-refractivity contribution in [3.8, 4) is 0 Å². The summed E-state index contributed by atoms with van der Waals surface area (Å²) in [5, 5.41) is 3.07. The van der Waals surface area contributed by atoms with Gasteiger partial charge in [-0.2, -0.15) is 11.8 Å². The molecule has 0 aromatic carbocycles. The van der Waals surface area contributed by atoms with Gasteiger partial charge >= 0.3 is 12.1 Å². The third kappa shape index (κ3) is 21.4. The van der Waals surface area contributed by atoms with E-state index in [9.17, 15) is 19.2 Å². The first kappa shape index (κ1) is 45.4. The van der Waals surface area contributed by atoms with E-state index in [1.165, 1.54) is 31.9 Å². The van der Waals surface area contributed by atoms with E-state index in [0.29, 0.717) is 39.0 Å². The normalized spacial score (nSPS) is 19.2. The number of hydrogen-bond acceptors (Lipinski definition) is 8. The van der Waals surface area contributed by atoms with Crippen LogP contribution in [0.5, 0.6) is 0 Å². The van der Waals surface area contributed by atoms with Gasteiger partial charge in [0, 0.05) is 32.4 Å². The van der Waals surface area contributed by atoms with Crippen LogP contribution in [0.1, 0.15) is 105 Å². The van der Waals surface area contributed by atoms with Crippen LogP contribution in [-0.2, 0) is 28.0 Å². The summed E-state index contributed by atoms with van der Waals surface area (Å²) in [6.07, 6.45) is 10.0. The molecule has 1 aliphatic rings. The highest BCUT2D eigenvalue weighted by Crippen LogP contribution is 2.48. The molecule has 284 valence electrons. The molecule has 0 radical (unpaired) electrons. The Balaban J connectivity index is 2.44. The Morgan fingerprint density at radius 2 is 1.55 bits per heavy atom. The molecule has 9 nitrogen and oxygen atoms in total. The summed E-state index contributed by atoms with van der Waals surface area (Å²) in [5.74, 6) is 1.67. The highest BCUT2D eigenvalue weighted by molar-refractivity contribution is 7.99. The first-order valence-corrected chi connectivity index (χ1v) is 26.0. The number of unbranched alkanes of at least 4 members (excludes halogenated alkanes) is 1. The SMILES string of the molecule is C=CC(=O)CCCSCCCN(CCOC(=O)NC1CC(C)(C)CC(C)(CCC(=O)OCCC[Si](C)(C)O[Si](C)(C)CCCC)C1)C(C)=O. The smallest absolute Gasteiger partial charge is 0.407 e. The van der Waals surface area contributed by atoms with Gasteiger partial charge in [-0.25, -0.2) is 4.79 Å². The Kier molecular flexibility index (Phi) is 20.7. The minimum atomic E-state index is -1.79. The highest BCUT2D eigenvalue weighted by atomic mass is 32.2. The van der Waals surface area contributed by atoms with E-state index in [4.69, 9.17) is 13.6 Å². The molecule has 0 aromatic rings. The number of alkyl carbamates (subject to hydrolysis) is 1. The number of thioether (sulfide) groups is 1. The van der Waals surface area contributed by atoms with Crippen molar-refractivity contribution in [3.63, 3.8) is 0 Å². The van der Waals surface area contributed by atoms with Gasteiger partial charge in [0.2, 0.25) is 5.91 Å². The van der Waals surface area contributed by atoms with Gasteiger partial charge in [-0.1, -0.05) is 47.1 Å². The summed E-state index contributed by atoms with van der Waals surface area (Å²) in [6, 6.07) is 2.13. The maximum atomic E-state index is 12.8. The van der Waals surface area contributed by atoms with Gasteiger partial charge in [0.15, 0.2) is 22.4 Å². The fourth-order valence-corrected chi connectivity index (χ4v) is 17.2. The van der Waals surface area contributed by atoms with Crippen molar-refractivity contribution in [2.45, 2.75) is 150 Å². The standard InChI is InChI=1S/C37H70N2O7SSi2/c1-11-13-26-48(7,8)46-49(9,10)27-16-22-44-34(42)18-19-37(6)29-32(28-36(4,5)30-37)38-35(43)45-23-21-39(31(3)40)20-15-25-47-24-14-17-33(41)12-2/h12,32H,2,11,13-30H2,1,3-10H3,(H,38,43). The van der Waals surface area contributed by atoms with E-state index in [0.717, 1.165) is 56.1 Å². The Hall–Kier alpha value is -1.64. The number of allylic oxidation sites excluding steroid dienone is 1. The topological polar surface area (TPSA) is 111 Å². The van der Waals surface area contributed by atoms with E-state index in [1.54, 1.807) is 16.7 Å². The second kappa shape index (κ2) is 22.3. The number of ether oxygens (including phenoxy) is 2. The largest absolute Gasteiger partial charge is 0.466 e. The van der Waals surface area contributed by atoms with Crippen molar-refractivity contribution in [3.05, 3.63) is 12.7 Å². The van der Waals surface area contributed by atoms with Crippen LogP contribution in [0.15, 0.2) is 12.7 Å². The third-order valence-corrected chi connectivity index (χ3v) is 18.0. The molecule has 1 saturated carbocycles. The summed E-state index contributed by atoms with van der Waals surface area (Å²) in [4.78, 5) is 50.7. The Labute approximate surface area is 305 Å². The number of nitrogens with one attached hydrogen (secondary N) is 1. The summed E-state index contributed by atoms with van der Waals surface area (Å²) in [6.45, 7) is 24.6. The third-order valence-electron chi connectivity index (χ3n) is 9.27. The summed E-state index contributed by atoms with van der Waals surface area (Å²) in [5.41, 5.74) is -0.106. The molecular weight excluding hydrogens is 673 g/mol. The van der Waals surface area contributed by atoms with Crippen LogP contribution in [0.25, 0.3) is 0 Å². The Bertz CT molecular complexity index is 1060. The van der Waals surface area contributed by atoms with Gasteiger partial charge in [0.05, 0.1) is 13.2 Å². The van der Waals surface area contributed by atoms with Crippen LogP contribution in [0.2, 0.25) is 38.3 Å². The van der Waals surface area contributed by atoms with Crippen LogP contribution in [0.3, 0.4) is 0 Å². The summed E-state index contributed by atoms with van der Waals surface area (Å²) in [7, 11) is -3.43. The molecule has 0 aromatic heterocycles. The molecule has 0 bridgehead atoms. The monoisotopic (exact) mass is 742 g/mol. The zero-order chi connectivity index (χ0) is 37.1. The number of rotatable bonds is 25. The molecule has 0 spiro atoms. The van der Waals surface area contributed by atoms with Crippen LogP contribution >= 0.6 is 11.8 Å². The molecular formula is C37H70N2O7SSi2. The van der Waals surface area contributed by atoms with Crippen LogP contribution in [0, 0.1) is 10.8 Å². The van der Waals surface area contributed by atoms with E-state index in [2.05, 4.69) is 65.8 Å². The molecule has 12 heteroatoms. The number of hydrogen-bond donors (Lipinski definition) is 1. The molecule has 1 aliphatic carbocycles. The van der Waals surface area contributed by atoms with E-state index in [-0.39, 0.29) is 41.1 Å². The lowest BCUT2D eigenvalue weighted by Gasteiger charge is -2.46. The number of esters is 1. The van der Waals surface area contributed by atoms with Crippen LogP contribution in [0.4, 0.5) is 4.79 Å². The van der Waals surface area contributed by atoms with Crippen molar-refractivity contribution in [2.75, 3.05) is 37.8 Å². The van der Waals surface area contributed by atoms with Crippen molar-refractivity contribution < 1.29 is 32.8 Å². The number of carbonyl (C=O) groups is 4. The van der Waals surface area contributed by atoms with E-state index < -0.39 is 22.7 Å². The van der Waals surface area contributed by atoms with Crippen molar-refractivity contribution >= 4 is 52.1 Å². The molecule has 49 heavy (non-hydrogen) atoms. The van der Waals surface area contributed by atoms with Gasteiger partial charge in [0.25, 0.3) is 0 Å². The molecule has 0 aliphatic heterocycles. The zero-order valence-corrected chi connectivity index (χ0v) is 35.3. The van der Waals surface area contributed by atoms with E-state index in [1.807, 2.05) is 0 Å². The zero-order valence-electron chi connectivity index (χ0n) is 32.5. The fourth-order valence-electron chi connectivity index (χ4n) is 7.33. The van der Waals surface area contributed by atoms with Gasteiger partial charge < -0.3 is 23.8 Å². The first-order valence-electron chi connectivity index (χ1n) is 18.6. The fraction of sp³-hybridized carbons (Fsp3) is 0.838. The van der Waals surface area contributed by atoms with Crippen LogP contribution < -0.4 is 5.32 Å². The minimum absolute atomic E-state index is 0.00387. The number of nitrogens with zero attached hydrogens (tertiary/aromatic N) is 1. The highest BCUT2D eigenvalue weighted by Gasteiger charge is 2.42. The maximum absolute atomic E-state index is 12.8. The predicted octanol–water partition coefficient (Wildman–Crippen LogP) is 8.75. The lowest BCUT2D eigenvalue weighted by molar-refractivity contribution is -0.144. The second-order valence-electron chi connectivity index (χ2n) is 16.3. The number of ketones is 1. The first-order chi connectivity index (χ1) is 22.8. The molecule has 2 amide bonds. The number of carbonyl (C=O) groups excluding carboxylic acids is 4. The lowest BCUT2D eigenvalue weighted by Crippen LogP contribution is -2.47. The van der Waals surface area contributed by atoms with Crippen molar-refractivity contribution in [1.29, 1.82) is 0 Å². The maximum Gasteiger partial charge on any atom is 0.407 e. The van der Waals surface area contributed by atoms with Crippen LogP contribution in [-0.4, -0.2) is 89.1 Å². The van der Waals surface area contributed by atoms with Gasteiger partial charge in [0.1, 0.15) is 6.61 Å². The second-order valence-corrected chi connectivity index (χ2v) is 26.4. The lowest BCUT2D eigenvalue weighted by atomic mass is 9.61. The van der Waals surface area contributed by atoms with Gasteiger partial charge in [-0.05, 0) is 112 Å². The van der Waals surface area contributed by atoms with Crippen molar-refractivity contribution in [1.82, 2.24) is 10.2 Å².